The van der Waals surface area contributed by atoms with Crippen LogP contribution in [0.1, 0.15) is 20.3 Å². The van der Waals surface area contributed by atoms with Gasteiger partial charge in [-0.25, -0.2) is 4.39 Å². The second-order valence-corrected chi connectivity index (χ2v) is 5.32. The van der Waals surface area contributed by atoms with E-state index in [4.69, 9.17) is 5.73 Å². The Morgan fingerprint density at radius 2 is 1.80 bits per heavy atom. The molecule has 0 unspecified atom stereocenters. The number of pyridine rings is 1. The summed E-state index contributed by atoms with van der Waals surface area (Å²) in [6.45, 7) is 4.82. The molecule has 0 fully saturated rings. The lowest BCUT2D eigenvalue weighted by molar-refractivity contribution is 0.511. The molecular weight excluding hydrogens is 255 g/mol. The molecule has 1 heterocycles. The second-order valence-electron chi connectivity index (χ2n) is 5.32. The average molecular weight is 274 g/mol. The molecule has 0 aliphatic heterocycles. The van der Waals surface area contributed by atoms with Gasteiger partial charge in [-0.1, -0.05) is 13.8 Å². The number of hydrogen-bond acceptors (Lipinski definition) is 2. The first-order valence-corrected chi connectivity index (χ1v) is 6.74. The van der Waals surface area contributed by atoms with Crippen molar-refractivity contribution in [3.05, 3.63) is 52.6 Å². The smallest absolute Gasteiger partial charge is 0.274 e. The van der Waals surface area contributed by atoms with E-state index < -0.39 is 0 Å². The third-order valence-corrected chi connectivity index (χ3v) is 3.27. The zero-order valence-electron chi connectivity index (χ0n) is 11.8. The van der Waals surface area contributed by atoms with E-state index in [1.165, 1.54) is 12.1 Å². The SMILES string of the molecule is CC(C)CCn1c(-c2ccc(F)cc2)ccc(N)c1=O. The summed E-state index contributed by atoms with van der Waals surface area (Å²) in [4.78, 5) is 12.2. The molecule has 0 saturated heterocycles. The van der Waals surface area contributed by atoms with Gasteiger partial charge >= 0.3 is 0 Å². The van der Waals surface area contributed by atoms with Crippen LogP contribution in [0, 0.1) is 11.7 Å². The van der Waals surface area contributed by atoms with E-state index in [9.17, 15) is 9.18 Å². The van der Waals surface area contributed by atoms with Crippen molar-refractivity contribution in [1.29, 1.82) is 0 Å². The van der Waals surface area contributed by atoms with E-state index in [2.05, 4.69) is 13.8 Å². The van der Waals surface area contributed by atoms with Gasteiger partial charge in [-0.2, -0.15) is 0 Å². The van der Waals surface area contributed by atoms with Gasteiger partial charge in [0.15, 0.2) is 0 Å². The van der Waals surface area contributed by atoms with E-state index in [-0.39, 0.29) is 17.1 Å². The molecule has 1 aromatic heterocycles. The van der Waals surface area contributed by atoms with Gasteiger partial charge < -0.3 is 10.3 Å². The molecular formula is C16H19FN2O. The minimum atomic E-state index is -0.291. The molecule has 0 amide bonds. The predicted molar refractivity (Wildman–Crippen MR) is 80.0 cm³/mol. The first-order valence-electron chi connectivity index (χ1n) is 6.74. The largest absolute Gasteiger partial charge is 0.394 e. The summed E-state index contributed by atoms with van der Waals surface area (Å²) in [6.07, 6.45) is 0.886. The van der Waals surface area contributed by atoms with Crippen LogP contribution in [-0.4, -0.2) is 4.57 Å². The molecule has 2 N–H and O–H groups in total. The fourth-order valence-corrected chi connectivity index (χ4v) is 2.08. The zero-order valence-corrected chi connectivity index (χ0v) is 11.8. The number of nitrogen functional groups attached to an aromatic ring is 1. The van der Waals surface area contributed by atoms with Crippen molar-refractivity contribution in [2.75, 3.05) is 5.73 Å². The minimum Gasteiger partial charge on any atom is -0.394 e. The molecule has 0 bridgehead atoms. The topological polar surface area (TPSA) is 48.0 Å². The van der Waals surface area contributed by atoms with Crippen LogP contribution in [0.4, 0.5) is 10.1 Å². The van der Waals surface area contributed by atoms with Gasteiger partial charge in [0.2, 0.25) is 0 Å². The molecule has 2 rings (SSSR count). The second kappa shape index (κ2) is 5.90. The standard InChI is InChI=1S/C16H19FN2O/c1-11(2)9-10-19-15(8-7-14(18)16(19)20)12-3-5-13(17)6-4-12/h3-8,11H,9-10,18H2,1-2H3. The van der Waals surface area contributed by atoms with Crippen LogP contribution >= 0.6 is 0 Å². The van der Waals surface area contributed by atoms with Gasteiger partial charge in [0.25, 0.3) is 5.56 Å². The molecule has 0 radical (unpaired) electrons. The number of aromatic nitrogens is 1. The van der Waals surface area contributed by atoms with Crippen molar-refractivity contribution in [3.63, 3.8) is 0 Å². The van der Waals surface area contributed by atoms with Crippen molar-refractivity contribution >= 4 is 5.69 Å². The third kappa shape index (κ3) is 3.07. The van der Waals surface area contributed by atoms with E-state index in [0.717, 1.165) is 17.7 Å². The van der Waals surface area contributed by atoms with E-state index in [0.29, 0.717) is 12.5 Å². The Morgan fingerprint density at radius 3 is 2.40 bits per heavy atom. The van der Waals surface area contributed by atoms with E-state index in [1.807, 2.05) is 6.07 Å². The Balaban J connectivity index is 2.49. The highest BCUT2D eigenvalue weighted by Crippen LogP contribution is 2.20. The lowest BCUT2D eigenvalue weighted by Gasteiger charge is -2.15. The number of anilines is 1. The predicted octanol–water partition coefficient (Wildman–Crippen LogP) is 3.28. The quantitative estimate of drug-likeness (QED) is 0.930. The van der Waals surface area contributed by atoms with Crippen LogP contribution in [0.25, 0.3) is 11.3 Å². The maximum absolute atomic E-state index is 13.0. The summed E-state index contributed by atoms with van der Waals surface area (Å²) < 4.78 is 14.7. The van der Waals surface area contributed by atoms with Crippen molar-refractivity contribution in [1.82, 2.24) is 4.57 Å². The minimum absolute atomic E-state index is 0.188. The monoisotopic (exact) mass is 274 g/mol. The van der Waals surface area contributed by atoms with Gasteiger partial charge in [-0.3, -0.25) is 4.79 Å². The number of benzene rings is 1. The highest BCUT2D eigenvalue weighted by atomic mass is 19.1. The lowest BCUT2D eigenvalue weighted by Crippen LogP contribution is -2.24. The summed E-state index contributed by atoms with van der Waals surface area (Å²) in [7, 11) is 0. The Bertz CT molecular complexity index is 645. The highest BCUT2D eigenvalue weighted by molar-refractivity contribution is 5.61. The molecule has 4 heteroatoms. The maximum Gasteiger partial charge on any atom is 0.274 e. The number of nitrogens with two attached hydrogens (primary N) is 1. The summed E-state index contributed by atoms with van der Waals surface area (Å²) >= 11 is 0. The normalized spacial score (nSPS) is 11.0. The molecule has 0 aliphatic carbocycles. The first-order chi connectivity index (χ1) is 9.49. The maximum atomic E-state index is 13.0. The van der Waals surface area contributed by atoms with Crippen LogP contribution in [0.2, 0.25) is 0 Å². The highest BCUT2D eigenvalue weighted by Gasteiger charge is 2.09. The van der Waals surface area contributed by atoms with Gasteiger partial charge in [0.05, 0.1) is 11.4 Å². The number of hydrogen-bond donors (Lipinski definition) is 1. The van der Waals surface area contributed by atoms with Crippen LogP contribution in [0.15, 0.2) is 41.2 Å². The van der Waals surface area contributed by atoms with Crippen LogP contribution in [0.3, 0.4) is 0 Å². The van der Waals surface area contributed by atoms with Crippen LogP contribution in [0.5, 0.6) is 0 Å². The van der Waals surface area contributed by atoms with Crippen molar-refractivity contribution in [3.8, 4) is 11.3 Å². The number of rotatable bonds is 4. The lowest BCUT2D eigenvalue weighted by atomic mass is 10.1. The molecule has 1 aromatic carbocycles. The zero-order chi connectivity index (χ0) is 14.7. The van der Waals surface area contributed by atoms with Crippen LogP contribution < -0.4 is 11.3 Å². The number of nitrogens with zero attached hydrogens (tertiary/aromatic N) is 1. The van der Waals surface area contributed by atoms with E-state index >= 15 is 0 Å². The molecule has 2 aromatic rings. The third-order valence-electron chi connectivity index (χ3n) is 3.27. The molecule has 3 nitrogen and oxygen atoms in total. The Hall–Kier alpha value is -2.10. The molecule has 0 atom stereocenters. The average Bonchev–Trinajstić information content (AvgIpc) is 2.41. The van der Waals surface area contributed by atoms with Crippen molar-refractivity contribution in [2.45, 2.75) is 26.8 Å². The van der Waals surface area contributed by atoms with E-state index in [1.54, 1.807) is 22.8 Å². The van der Waals surface area contributed by atoms with Crippen molar-refractivity contribution < 1.29 is 4.39 Å². The molecule has 20 heavy (non-hydrogen) atoms. The van der Waals surface area contributed by atoms with Gasteiger partial charge in [0, 0.05) is 6.54 Å². The molecule has 0 saturated carbocycles. The summed E-state index contributed by atoms with van der Waals surface area (Å²) in [6, 6.07) is 9.54. The molecule has 0 spiro atoms. The fourth-order valence-electron chi connectivity index (χ4n) is 2.08. The van der Waals surface area contributed by atoms with Gasteiger partial charge in [-0.15, -0.1) is 0 Å². The summed E-state index contributed by atoms with van der Waals surface area (Å²) in [5, 5.41) is 0. The molecule has 0 aliphatic rings. The fraction of sp³-hybridized carbons (Fsp3) is 0.312. The number of halogens is 1. The Labute approximate surface area is 117 Å². The van der Waals surface area contributed by atoms with Gasteiger partial charge in [0.1, 0.15) is 5.82 Å². The first kappa shape index (κ1) is 14.3. The Kier molecular flexibility index (Phi) is 4.23. The van der Waals surface area contributed by atoms with Crippen LogP contribution in [-0.2, 0) is 6.54 Å². The summed E-state index contributed by atoms with van der Waals surface area (Å²) in [5.41, 5.74) is 7.33. The van der Waals surface area contributed by atoms with Gasteiger partial charge in [-0.05, 0) is 54.3 Å². The molecule has 106 valence electrons. The Morgan fingerprint density at radius 1 is 1.15 bits per heavy atom. The summed E-state index contributed by atoms with van der Waals surface area (Å²) in [5.74, 6) is 0.199. The van der Waals surface area contributed by atoms with Crippen molar-refractivity contribution in [2.24, 2.45) is 5.92 Å².